The van der Waals surface area contributed by atoms with E-state index >= 15 is 0 Å². The normalized spacial score (nSPS) is 25.6. The lowest BCUT2D eigenvalue weighted by molar-refractivity contribution is -0.114. The third kappa shape index (κ3) is 4.05. The van der Waals surface area contributed by atoms with Gasteiger partial charge in [0.1, 0.15) is 11.2 Å². The van der Waals surface area contributed by atoms with Crippen LogP contribution in [-0.2, 0) is 4.79 Å². The maximum absolute atomic E-state index is 13.3. The van der Waals surface area contributed by atoms with Crippen molar-refractivity contribution in [1.29, 1.82) is 0 Å². The van der Waals surface area contributed by atoms with Gasteiger partial charge in [-0.2, -0.15) is 0 Å². The Morgan fingerprint density at radius 3 is 2.89 bits per heavy atom. The van der Waals surface area contributed by atoms with Gasteiger partial charge in [-0.1, -0.05) is 20.8 Å². The molecular weight excluding hydrogens is 288 g/mol. The Hall–Kier alpha value is -0.860. The van der Waals surface area contributed by atoms with Crippen molar-refractivity contribution in [2.24, 2.45) is 5.92 Å². The molecule has 0 saturated heterocycles. The smallest absolute Gasteiger partial charge is 0.221 e. The number of halogens is 2. The van der Waals surface area contributed by atoms with Crippen molar-refractivity contribution in [3.05, 3.63) is 23.2 Å². The van der Waals surface area contributed by atoms with Crippen LogP contribution < -0.4 is 10.1 Å². The first kappa shape index (κ1) is 14.5. The van der Waals surface area contributed by atoms with Gasteiger partial charge in [0.2, 0.25) is 5.91 Å². The van der Waals surface area contributed by atoms with Crippen molar-refractivity contribution < 1.29 is 13.9 Å². The summed E-state index contributed by atoms with van der Waals surface area (Å²) >= 11 is 6.02. The zero-order chi connectivity index (χ0) is 14.0. The minimum absolute atomic E-state index is 0.155. The average Bonchev–Trinajstić information content (AvgIpc) is 2.26. The van der Waals surface area contributed by atoms with E-state index in [2.05, 4.69) is 14.6 Å². The van der Waals surface area contributed by atoms with Crippen LogP contribution in [0.25, 0.3) is 0 Å². The Balaban J connectivity index is 1.94. The molecular formula is C13H16ClFNO2P. The van der Waals surface area contributed by atoms with Gasteiger partial charge in [-0.25, -0.2) is 4.39 Å². The van der Waals surface area contributed by atoms with Crippen molar-refractivity contribution in [3.63, 3.8) is 0 Å². The molecule has 1 aromatic carbocycles. The van der Waals surface area contributed by atoms with E-state index in [-0.39, 0.29) is 11.8 Å². The average molecular weight is 304 g/mol. The van der Waals surface area contributed by atoms with E-state index in [1.165, 1.54) is 6.92 Å². The number of ether oxygens (including phenoxy) is 1. The maximum Gasteiger partial charge on any atom is 0.221 e. The Bertz CT molecular complexity index is 488. The van der Waals surface area contributed by atoms with Crippen LogP contribution in [-0.4, -0.2) is 17.9 Å². The predicted octanol–water partition coefficient (Wildman–Crippen LogP) is 3.63. The number of amides is 1. The van der Waals surface area contributed by atoms with Crippen LogP contribution in [0.4, 0.5) is 10.1 Å². The molecule has 2 rings (SSSR count). The van der Waals surface area contributed by atoms with E-state index in [4.69, 9.17) is 16.3 Å². The molecule has 1 aliphatic rings. The summed E-state index contributed by atoms with van der Waals surface area (Å²) in [5, 5.41) is 2.01. The summed E-state index contributed by atoms with van der Waals surface area (Å²) in [6, 6.07) is 5.04. The van der Waals surface area contributed by atoms with E-state index in [9.17, 15) is 9.18 Å². The second-order valence-corrected chi connectivity index (χ2v) is 6.39. The monoisotopic (exact) mass is 303 g/mol. The van der Waals surface area contributed by atoms with Crippen molar-refractivity contribution in [1.82, 2.24) is 0 Å². The highest BCUT2D eigenvalue weighted by Gasteiger charge is 2.41. The van der Waals surface area contributed by atoms with Crippen LogP contribution in [0.1, 0.15) is 19.8 Å². The molecule has 19 heavy (non-hydrogen) atoms. The molecule has 104 valence electrons. The van der Waals surface area contributed by atoms with Crippen LogP contribution in [0.5, 0.6) is 5.75 Å². The molecule has 1 atom stereocenters. The third-order valence-electron chi connectivity index (χ3n) is 2.98. The van der Waals surface area contributed by atoms with Crippen molar-refractivity contribution >= 4 is 32.4 Å². The quantitative estimate of drug-likeness (QED) is 0.863. The van der Waals surface area contributed by atoms with Gasteiger partial charge in [-0.05, 0) is 30.9 Å². The highest BCUT2D eigenvalue weighted by atomic mass is 35.5. The molecule has 1 fully saturated rings. The number of alkyl halides is 1. The Labute approximate surface area is 119 Å². The number of hydrogen-bond donors (Lipinski definition) is 1. The molecule has 3 nitrogen and oxygen atoms in total. The minimum atomic E-state index is -1.13. The van der Waals surface area contributed by atoms with Crippen molar-refractivity contribution in [2.45, 2.75) is 25.2 Å². The summed E-state index contributed by atoms with van der Waals surface area (Å²) in [4.78, 5) is 11.0. The van der Waals surface area contributed by atoms with E-state index in [1.807, 2.05) is 0 Å². The molecule has 1 saturated carbocycles. The number of rotatable bonds is 4. The molecule has 6 heteroatoms. The topological polar surface area (TPSA) is 38.3 Å². The number of anilines is 1. The summed E-state index contributed by atoms with van der Waals surface area (Å²) in [7, 11) is 2.22. The first-order valence-electron chi connectivity index (χ1n) is 6.03. The Kier molecular flexibility index (Phi) is 4.32. The van der Waals surface area contributed by atoms with E-state index in [0.29, 0.717) is 35.9 Å². The molecule has 1 aliphatic carbocycles. The van der Waals surface area contributed by atoms with Gasteiger partial charge in [-0.15, -0.1) is 0 Å². The van der Waals surface area contributed by atoms with Gasteiger partial charge < -0.3 is 10.1 Å². The van der Waals surface area contributed by atoms with Crippen LogP contribution in [0, 0.1) is 5.92 Å². The molecule has 1 unspecified atom stereocenters. The van der Waals surface area contributed by atoms with Crippen LogP contribution in [0.3, 0.4) is 0 Å². The number of carbonyl (C=O) groups excluding carboxylic acids is 1. The second kappa shape index (κ2) is 5.64. The van der Waals surface area contributed by atoms with Gasteiger partial charge in [0, 0.05) is 18.7 Å². The lowest BCUT2D eigenvalue weighted by Gasteiger charge is -2.38. The lowest BCUT2D eigenvalue weighted by atomic mass is 9.83. The van der Waals surface area contributed by atoms with Gasteiger partial charge in [-0.3, -0.25) is 4.79 Å². The molecule has 0 bridgehead atoms. The zero-order valence-electron chi connectivity index (χ0n) is 10.6. The van der Waals surface area contributed by atoms with Crippen LogP contribution in [0.2, 0.25) is 5.02 Å². The van der Waals surface area contributed by atoms with Crippen molar-refractivity contribution in [3.8, 4) is 5.75 Å². The standard InChI is InChI=1S/C13H16ClFNO2P/c1-8(17)16-10-2-3-11(14)12(4-10)18-7-9-5-13(15,19)6-9/h2-4,9H,5-7,19H2,1H3,(H,16,17). The third-order valence-corrected chi connectivity index (χ3v) is 3.77. The Morgan fingerprint density at radius 1 is 1.63 bits per heavy atom. The van der Waals surface area contributed by atoms with Gasteiger partial charge in [0.05, 0.1) is 11.6 Å². The molecule has 1 N–H and O–H groups in total. The SMILES string of the molecule is CC(=O)Nc1ccc(Cl)c(OCC2CC(F)(P)C2)c1. The van der Waals surface area contributed by atoms with E-state index < -0.39 is 5.41 Å². The number of nitrogens with one attached hydrogen (secondary N) is 1. The molecule has 1 amide bonds. The molecule has 0 heterocycles. The molecule has 0 aromatic heterocycles. The molecule has 0 spiro atoms. The summed E-state index contributed by atoms with van der Waals surface area (Å²) < 4.78 is 18.9. The largest absolute Gasteiger partial charge is 0.492 e. The fourth-order valence-corrected chi connectivity index (χ4v) is 2.96. The predicted molar refractivity (Wildman–Crippen MR) is 77.5 cm³/mol. The highest BCUT2D eigenvalue weighted by molar-refractivity contribution is 7.18. The number of carbonyl (C=O) groups is 1. The van der Waals surface area contributed by atoms with E-state index in [0.717, 1.165) is 0 Å². The van der Waals surface area contributed by atoms with Gasteiger partial charge >= 0.3 is 0 Å². The lowest BCUT2D eigenvalue weighted by Crippen LogP contribution is -2.37. The van der Waals surface area contributed by atoms with Crippen LogP contribution >= 0.6 is 20.8 Å². The van der Waals surface area contributed by atoms with Crippen molar-refractivity contribution in [2.75, 3.05) is 11.9 Å². The van der Waals surface area contributed by atoms with Gasteiger partial charge in [0.15, 0.2) is 0 Å². The highest BCUT2D eigenvalue weighted by Crippen LogP contribution is 2.46. The Morgan fingerprint density at radius 2 is 2.32 bits per heavy atom. The zero-order valence-corrected chi connectivity index (χ0v) is 12.5. The summed E-state index contributed by atoms with van der Waals surface area (Å²) in [6.45, 7) is 1.87. The van der Waals surface area contributed by atoms with E-state index in [1.54, 1.807) is 18.2 Å². The summed E-state index contributed by atoms with van der Waals surface area (Å²) in [5.74, 6) is 0.563. The molecule has 1 aromatic rings. The van der Waals surface area contributed by atoms with Gasteiger partial charge in [0.25, 0.3) is 0 Å². The second-order valence-electron chi connectivity index (χ2n) is 4.95. The fourth-order valence-electron chi connectivity index (χ4n) is 2.12. The number of hydrogen-bond acceptors (Lipinski definition) is 2. The maximum atomic E-state index is 13.3. The summed E-state index contributed by atoms with van der Waals surface area (Å²) in [5.41, 5.74) is 0.631. The molecule has 0 aliphatic heterocycles. The number of benzene rings is 1. The first-order chi connectivity index (χ1) is 8.85. The molecule has 0 radical (unpaired) electrons. The van der Waals surface area contributed by atoms with Crippen LogP contribution in [0.15, 0.2) is 18.2 Å². The first-order valence-corrected chi connectivity index (χ1v) is 6.99. The minimum Gasteiger partial charge on any atom is -0.492 e. The fraction of sp³-hybridized carbons (Fsp3) is 0.462. The summed E-state index contributed by atoms with van der Waals surface area (Å²) in [6.07, 6.45) is 0.974.